The number of hydrogen-bond donors (Lipinski definition) is 4. The molecule has 1 aliphatic rings. The minimum absolute atomic E-state index is 0.251. The van der Waals surface area contributed by atoms with Gasteiger partial charge >= 0.3 is 0 Å². The van der Waals surface area contributed by atoms with Crippen LogP contribution in [-0.2, 0) is 0 Å². The molecule has 0 spiro atoms. The van der Waals surface area contributed by atoms with Gasteiger partial charge in [-0.1, -0.05) is 6.07 Å². The second-order valence-electron chi connectivity index (χ2n) is 7.39. The van der Waals surface area contributed by atoms with E-state index in [9.17, 15) is 0 Å². The Bertz CT molecular complexity index is 934. The van der Waals surface area contributed by atoms with Gasteiger partial charge in [-0.3, -0.25) is 5.41 Å². The van der Waals surface area contributed by atoms with Gasteiger partial charge in [-0.05, 0) is 38.2 Å². The lowest BCUT2D eigenvalue weighted by molar-refractivity contribution is -0.555. The lowest BCUT2D eigenvalue weighted by Crippen LogP contribution is -2.72. The smallest absolute Gasteiger partial charge is 0.132 e. The van der Waals surface area contributed by atoms with Crippen molar-refractivity contribution >= 4 is 29.0 Å². The molecule has 6 N–H and O–H groups in total. The molecule has 1 aliphatic heterocycles. The molecular weight excluding hydrogens is 364 g/mol. The number of anilines is 2. The molecule has 2 aromatic rings. The molecule has 2 heterocycles. The third-order valence-corrected chi connectivity index (χ3v) is 5.28. The average molecular weight is 394 g/mol. The predicted octanol–water partition coefficient (Wildman–Crippen LogP) is 0.799. The minimum atomic E-state index is 0.251. The topological polar surface area (TPSA) is 123 Å². The second-order valence-corrected chi connectivity index (χ2v) is 7.39. The van der Waals surface area contributed by atoms with E-state index in [1.165, 1.54) is 12.5 Å². The second kappa shape index (κ2) is 8.93. The molecular formula is C21H29N8+. The van der Waals surface area contributed by atoms with Crippen LogP contribution in [0.4, 0.5) is 11.5 Å². The summed E-state index contributed by atoms with van der Waals surface area (Å²) in [6.07, 6.45) is 5.77. The molecule has 152 valence electrons. The maximum Gasteiger partial charge on any atom is 0.132 e. The van der Waals surface area contributed by atoms with Crippen molar-refractivity contribution < 1.29 is 5.32 Å². The van der Waals surface area contributed by atoms with E-state index in [0.717, 1.165) is 36.5 Å². The number of quaternary nitrogens is 1. The van der Waals surface area contributed by atoms with E-state index in [1.54, 1.807) is 6.07 Å². The van der Waals surface area contributed by atoms with Crippen LogP contribution in [0.5, 0.6) is 0 Å². The maximum absolute atomic E-state index is 8.70. The fourth-order valence-electron chi connectivity index (χ4n) is 3.53. The van der Waals surface area contributed by atoms with E-state index in [4.69, 9.17) is 16.6 Å². The van der Waals surface area contributed by atoms with E-state index < -0.39 is 0 Å². The first-order chi connectivity index (χ1) is 13.9. The predicted molar refractivity (Wildman–Crippen MR) is 118 cm³/mol. The lowest BCUT2D eigenvalue weighted by Gasteiger charge is -2.21. The highest BCUT2D eigenvalue weighted by Gasteiger charge is 2.25. The van der Waals surface area contributed by atoms with Crippen LogP contribution in [0, 0.1) is 10.8 Å². The van der Waals surface area contributed by atoms with Gasteiger partial charge in [-0.15, -0.1) is 0 Å². The third kappa shape index (κ3) is 4.49. The van der Waals surface area contributed by atoms with Gasteiger partial charge in [0.1, 0.15) is 18.3 Å². The number of likely N-dealkylation sites (N-methyl/N-ethyl adjacent to an activating group) is 1. The minimum Gasteiger partial charge on any atom is -0.398 e. The number of benzene rings is 1. The Kier molecular flexibility index (Phi) is 6.36. The largest absolute Gasteiger partial charge is 0.398 e. The van der Waals surface area contributed by atoms with Crippen molar-refractivity contribution in [2.75, 3.05) is 44.9 Å². The zero-order chi connectivity index (χ0) is 21.0. The summed E-state index contributed by atoms with van der Waals surface area (Å²) in [5.41, 5.74) is 9.67. The Labute approximate surface area is 171 Å². The summed E-state index contributed by atoms with van der Waals surface area (Å²) in [6, 6.07) is 7.85. The van der Waals surface area contributed by atoms with E-state index in [2.05, 4.69) is 33.9 Å². The Balaban J connectivity index is 1.90. The van der Waals surface area contributed by atoms with Gasteiger partial charge in [0.05, 0.1) is 24.0 Å². The molecule has 1 fully saturated rings. The first kappa shape index (κ1) is 20.6. The molecule has 0 amide bonds. The maximum atomic E-state index is 8.70. The Morgan fingerprint density at radius 1 is 1.31 bits per heavy atom. The van der Waals surface area contributed by atoms with Crippen LogP contribution in [0.2, 0.25) is 0 Å². The van der Waals surface area contributed by atoms with E-state index in [1.807, 2.05) is 36.8 Å². The summed E-state index contributed by atoms with van der Waals surface area (Å²) in [7, 11) is 6.10. The quantitative estimate of drug-likeness (QED) is 0.409. The first-order valence-electron chi connectivity index (χ1n) is 9.67. The Morgan fingerprint density at radius 2 is 2.10 bits per heavy atom. The zero-order valence-corrected chi connectivity index (χ0v) is 17.2. The van der Waals surface area contributed by atoms with Crippen LogP contribution in [0.3, 0.4) is 0 Å². The molecule has 8 nitrogen and oxygen atoms in total. The molecule has 0 radical (unpaired) electrons. The monoisotopic (exact) mass is 393 g/mol. The van der Waals surface area contributed by atoms with Crippen molar-refractivity contribution in [2.24, 2.45) is 0 Å². The molecule has 0 bridgehead atoms. The summed E-state index contributed by atoms with van der Waals surface area (Å²) >= 11 is 0. The Morgan fingerprint density at radius 3 is 2.76 bits per heavy atom. The SMILES string of the molecule is C[NH2+]/C=C(\C=N)c1ccc(N)c(C(=N)c2cc(N3CCC(N(C)C)C3)ncn2)c1. The van der Waals surface area contributed by atoms with Crippen molar-refractivity contribution in [3.05, 3.63) is 53.6 Å². The molecule has 1 atom stereocenters. The molecule has 8 heteroatoms. The van der Waals surface area contributed by atoms with Crippen LogP contribution in [-0.4, -0.2) is 67.1 Å². The van der Waals surface area contributed by atoms with Crippen molar-refractivity contribution in [3.63, 3.8) is 0 Å². The number of nitrogens with one attached hydrogen (secondary N) is 2. The number of nitrogen functional groups attached to an aromatic ring is 1. The number of allylic oxidation sites excluding steroid dienone is 1. The van der Waals surface area contributed by atoms with Gasteiger partial charge in [-0.2, -0.15) is 0 Å². The van der Waals surface area contributed by atoms with Crippen molar-refractivity contribution in [1.82, 2.24) is 14.9 Å². The van der Waals surface area contributed by atoms with E-state index in [-0.39, 0.29) is 5.71 Å². The van der Waals surface area contributed by atoms with Crippen molar-refractivity contribution in [3.8, 4) is 0 Å². The van der Waals surface area contributed by atoms with Gasteiger partial charge in [0.2, 0.25) is 0 Å². The normalized spacial score (nSPS) is 17.0. The van der Waals surface area contributed by atoms with Crippen LogP contribution < -0.4 is 16.0 Å². The summed E-state index contributed by atoms with van der Waals surface area (Å²) in [4.78, 5) is 13.2. The number of nitrogens with two attached hydrogens (primary N) is 2. The molecule has 1 unspecified atom stereocenters. The van der Waals surface area contributed by atoms with Crippen molar-refractivity contribution in [1.29, 1.82) is 10.8 Å². The van der Waals surface area contributed by atoms with E-state index in [0.29, 0.717) is 23.0 Å². The van der Waals surface area contributed by atoms with Crippen molar-refractivity contribution in [2.45, 2.75) is 12.5 Å². The van der Waals surface area contributed by atoms with Crippen LogP contribution in [0.15, 0.2) is 36.8 Å². The molecule has 3 rings (SSSR count). The summed E-state index contributed by atoms with van der Waals surface area (Å²) < 4.78 is 0. The summed E-state index contributed by atoms with van der Waals surface area (Å²) in [6.45, 7) is 1.85. The molecule has 0 saturated carbocycles. The fourth-order valence-corrected chi connectivity index (χ4v) is 3.53. The summed E-state index contributed by atoms with van der Waals surface area (Å²) in [5.74, 6) is 0.833. The third-order valence-electron chi connectivity index (χ3n) is 5.28. The summed E-state index contributed by atoms with van der Waals surface area (Å²) in [5, 5.41) is 18.2. The van der Waals surface area contributed by atoms with E-state index >= 15 is 0 Å². The number of hydrogen-bond acceptors (Lipinski definition) is 7. The number of nitrogens with zero attached hydrogens (tertiary/aromatic N) is 4. The van der Waals surface area contributed by atoms with Crippen LogP contribution >= 0.6 is 0 Å². The van der Waals surface area contributed by atoms with Crippen LogP contribution in [0.25, 0.3) is 5.57 Å². The van der Waals surface area contributed by atoms with Gasteiger partial charge < -0.3 is 26.3 Å². The van der Waals surface area contributed by atoms with Gasteiger partial charge in [0, 0.05) is 42.7 Å². The standard InChI is InChI=1S/C21H28N8/c1-25-11-15(10-22)14-4-5-18(23)17(8-14)21(24)19-9-20(27-13-26-19)29-7-6-16(12-29)28(2)3/h4-5,8-11,13,16,22,24-25H,6-7,12,23H2,1-3H3/p+1/b15-11+,22-10?,24-21?. The van der Waals surface area contributed by atoms with Crippen LogP contribution in [0.1, 0.15) is 23.2 Å². The average Bonchev–Trinajstić information content (AvgIpc) is 3.23. The highest BCUT2D eigenvalue weighted by Crippen LogP contribution is 2.24. The first-order valence-corrected chi connectivity index (χ1v) is 9.67. The lowest BCUT2D eigenvalue weighted by atomic mass is 9.98. The van der Waals surface area contributed by atoms with Gasteiger partial charge in [-0.25, -0.2) is 9.97 Å². The van der Waals surface area contributed by atoms with Gasteiger partial charge in [0.15, 0.2) is 0 Å². The molecule has 1 aromatic heterocycles. The fraction of sp³-hybridized carbons (Fsp3) is 0.333. The molecule has 1 aromatic carbocycles. The number of aromatic nitrogens is 2. The number of rotatable bonds is 7. The highest BCUT2D eigenvalue weighted by molar-refractivity contribution is 6.15. The van der Waals surface area contributed by atoms with Gasteiger partial charge in [0.25, 0.3) is 0 Å². The highest BCUT2D eigenvalue weighted by atomic mass is 15.3. The molecule has 1 saturated heterocycles. The Hall–Kier alpha value is -3.10. The zero-order valence-electron chi connectivity index (χ0n) is 17.2. The molecule has 29 heavy (non-hydrogen) atoms. The molecule has 0 aliphatic carbocycles.